The minimum atomic E-state index is 0.674. The van der Waals surface area contributed by atoms with Crippen molar-refractivity contribution in [3.63, 3.8) is 0 Å². The van der Waals surface area contributed by atoms with Crippen LogP contribution in [0.4, 0.5) is 0 Å². The van der Waals surface area contributed by atoms with Crippen molar-refractivity contribution in [1.29, 1.82) is 0 Å². The first-order valence-corrected chi connectivity index (χ1v) is 6.84. The Bertz CT molecular complexity index is 302. The SMILES string of the molecule is CC(CCN1CCCNCC1)c1ccccc1. The van der Waals surface area contributed by atoms with E-state index in [1.54, 1.807) is 0 Å². The van der Waals surface area contributed by atoms with E-state index in [0.29, 0.717) is 5.92 Å². The van der Waals surface area contributed by atoms with Gasteiger partial charge in [-0.05, 0) is 44.0 Å². The van der Waals surface area contributed by atoms with E-state index >= 15 is 0 Å². The van der Waals surface area contributed by atoms with Crippen molar-refractivity contribution in [3.8, 4) is 0 Å². The average molecular weight is 232 g/mol. The Morgan fingerprint density at radius 3 is 2.82 bits per heavy atom. The van der Waals surface area contributed by atoms with Gasteiger partial charge < -0.3 is 10.2 Å². The fourth-order valence-corrected chi connectivity index (χ4v) is 2.45. The molecule has 1 aromatic rings. The molecule has 0 bridgehead atoms. The second-order valence-corrected chi connectivity index (χ2v) is 5.05. The summed E-state index contributed by atoms with van der Waals surface area (Å²) < 4.78 is 0. The predicted molar refractivity (Wildman–Crippen MR) is 73.4 cm³/mol. The van der Waals surface area contributed by atoms with Gasteiger partial charge in [-0.25, -0.2) is 0 Å². The smallest absolute Gasteiger partial charge is 0.0107 e. The molecule has 1 heterocycles. The Morgan fingerprint density at radius 1 is 1.18 bits per heavy atom. The molecular formula is C15H24N2. The normalized spacial score (nSPS) is 19.8. The molecule has 94 valence electrons. The summed E-state index contributed by atoms with van der Waals surface area (Å²) in [5, 5.41) is 3.45. The van der Waals surface area contributed by atoms with Crippen molar-refractivity contribution < 1.29 is 0 Å². The second-order valence-electron chi connectivity index (χ2n) is 5.05. The summed E-state index contributed by atoms with van der Waals surface area (Å²) in [5.41, 5.74) is 1.47. The third-order valence-corrected chi connectivity index (χ3v) is 3.68. The van der Waals surface area contributed by atoms with Gasteiger partial charge in [-0.15, -0.1) is 0 Å². The van der Waals surface area contributed by atoms with E-state index in [1.165, 1.54) is 44.6 Å². The molecule has 1 N–H and O–H groups in total. The van der Waals surface area contributed by atoms with E-state index in [1.807, 2.05) is 0 Å². The van der Waals surface area contributed by atoms with Crippen molar-refractivity contribution in [2.75, 3.05) is 32.7 Å². The number of hydrogen-bond donors (Lipinski definition) is 1. The standard InChI is InChI=1S/C15H24N2/c1-14(15-6-3-2-4-7-15)8-12-17-11-5-9-16-10-13-17/h2-4,6-7,14,16H,5,8-13H2,1H3. The zero-order valence-corrected chi connectivity index (χ0v) is 10.9. The first-order valence-electron chi connectivity index (χ1n) is 6.84. The molecule has 1 fully saturated rings. The molecule has 2 heteroatoms. The van der Waals surface area contributed by atoms with Gasteiger partial charge in [0.15, 0.2) is 0 Å². The third kappa shape index (κ3) is 4.14. The lowest BCUT2D eigenvalue weighted by molar-refractivity contribution is 0.282. The number of benzene rings is 1. The highest BCUT2D eigenvalue weighted by molar-refractivity contribution is 5.18. The predicted octanol–water partition coefficient (Wildman–Crippen LogP) is 2.48. The van der Waals surface area contributed by atoms with E-state index in [-0.39, 0.29) is 0 Å². The van der Waals surface area contributed by atoms with Gasteiger partial charge in [0.05, 0.1) is 0 Å². The number of hydrogen-bond acceptors (Lipinski definition) is 2. The largest absolute Gasteiger partial charge is 0.315 e. The summed E-state index contributed by atoms with van der Waals surface area (Å²) in [7, 11) is 0. The van der Waals surface area contributed by atoms with Crippen molar-refractivity contribution in [2.45, 2.75) is 25.7 Å². The maximum atomic E-state index is 3.45. The van der Waals surface area contributed by atoms with Gasteiger partial charge in [0, 0.05) is 13.1 Å². The molecule has 2 rings (SSSR count). The van der Waals surface area contributed by atoms with Crippen LogP contribution in [0, 0.1) is 0 Å². The van der Waals surface area contributed by atoms with Gasteiger partial charge in [0.1, 0.15) is 0 Å². The van der Waals surface area contributed by atoms with Crippen molar-refractivity contribution in [1.82, 2.24) is 10.2 Å². The summed E-state index contributed by atoms with van der Waals surface area (Å²) in [4.78, 5) is 2.60. The summed E-state index contributed by atoms with van der Waals surface area (Å²) in [5.74, 6) is 0.674. The van der Waals surface area contributed by atoms with Crippen LogP contribution in [-0.2, 0) is 0 Å². The van der Waals surface area contributed by atoms with Crippen LogP contribution in [-0.4, -0.2) is 37.6 Å². The molecular weight excluding hydrogens is 208 g/mol. The highest BCUT2D eigenvalue weighted by atomic mass is 15.1. The molecule has 0 amide bonds. The number of rotatable bonds is 4. The first kappa shape index (κ1) is 12.6. The van der Waals surface area contributed by atoms with Crippen LogP contribution >= 0.6 is 0 Å². The molecule has 2 nitrogen and oxygen atoms in total. The molecule has 0 aliphatic carbocycles. The molecule has 1 aliphatic heterocycles. The number of nitrogens with zero attached hydrogens (tertiary/aromatic N) is 1. The molecule has 1 unspecified atom stereocenters. The van der Waals surface area contributed by atoms with E-state index in [9.17, 15) is 0 Å². The minimum absolute atomic E-state index is 0.674. The van der Waals surface area contributed by atoms with Crippen LogP contribution < -0.4 is 5.32 Å². The molecule has 0 radical (unpaired) electrons. The Kier molecular flexibility index (Phi) is 5.02. The second kappa shape index (κ2) is 6.77. The number of nitrogens with one attached hydrogen (secondary N) is 1. The average Bonchev–Trinajstić information content (AvgIpc) is 2.65. The third-order valence-electron chi connectivity index (χ3n) is 3.68. The van der Waals surface area contributed by atoms with Crippen LogP contribution in [0.2, 0.25) is 0 Å². The first-order chi connectivity index (χ1) is 8.36. The van der Waals surface area contributed by atoms with E-state index in [2.05, 4.69) is 47.5 Å². The van der Waals surface area contributed by atoms with E-state index in [0.717, 1.165) is 6.54 Å². The summed E-state index contributed by atoms with van der Waals surface area (Å²) >= 11 is 0. The van der Waals surface area contributed by atoms with Crippen LogP contribution in [0.5, 0.6) is 0 Å². The molecule has 1 aromatic carbocycles. The lowest BCUT2D eigenvalue weighted by Gasteiger charge is -2.21. The zero-order valence-electron chi connectivity index (χ0n) is 10.9. The summed E-state index contributed by atoms with van der Waals surface area (Å²) in [6.45, 7) is 8.38. The zero-order chi connectivity index (χ0) is 11.9. The maximum absolute atomic E-state index is 3.45. The molecule has 1 atom stereocenters. The van der Waals surface area contributed by atoms with Crippen molar-refractivity contribution in [3.05, 3.63) is 35.9 Å². The van der Waals surface area contributed by atoms with Gasteiger partial charge in [-0.2, -0.15) is 0 Å². The Balaban J connectivity index is 1.77. The lowest BCUT2D eigenvalue weighted by atomic mass is 9.98. The lowest BCUT2D eigenvalue weighted by Crippen LogP contribution is -2.29. The molecule has 17 heavy (non-hydrogen) atoms. The van der Waals surface area contributed by atoms with Crippen LogP contribution in [0.3, 0.4) is 0 Å². The molecule has 0 spiro atoms. The van der Waals surface area contributed by atoms with Gasteiger partial charge >= 0.3 is 0 Å². The topological polar surface area (TPSA) is 15.3 Å². The van der Waals surface area contributed by atoms with Gasteiger partial charge in [0.2, 0.25) is 0 Å². The van der Waals surface area contributed by atoms with Crippen molar-refractivity contribution in [2.24, 2.45) is 0 Å². The highest BCUT2D eigenvalue weighted by Crippen LogP contribution is 2.18. The van der Waals surface area contributed by atoms with Gasteiger partial charge in [-0.3, -0.25) is 0 Å². The minimum Gasteiger partial charge on any atom is -0.315 e. The van der Waals surface area contributed by atoms with Gasteiger partial charge in [-0.1, -0.05) is 37.3 Å². The summed E-state index contributed by atoms with van der Waals surface area (Å²) in [6, 6.07) is 10.9. The van der Waals surface area contributed by atoms with E-state index in [4.69, 9.17) is 0 Å². The van der Waals surface area contributed by atoms with Crippen LogP contribution in [0.1, 0.15) is 31.2 Å². The highest BCUT2D eigenvalue weighted by Gasteiger charge is 2.11. The molecule has 0 aromatic heterocycles. The molecule has 1 saturated heterocycles. The fraction of sp³-hybridized carbons (Fsp3) is 0.600. The van der Waals surface area contributed by atoms with Crippen LogP contribution in [0.15, 0.2) is 30.3 Å². The Labute approximate surface area is 105 Å². The van der Waals surface area contributed by atoms with Gasteiger partial charge in [0.25, 0.3) is 0 Å². The van der Waals surface area contributed by atoms with Crippen molar-refractivity contribution >= 4 is 0 Å². The molecule has 1 aliphatic rings. The Hall–Kier alpha value is -0.860. The fourth-order valence-electron chi connectivity index (χ4n) is 2.45. The maximum Gasteiger partial charge on any atom is 0.0107 e. The van der Waals surface area contributed by atoms with Crippen LogP contribution in [0.25, 0.3) is 0 Å². The van der Waals surface area contributed by atoms with E-state index < -0.39 is 0 Å². The summed E-state index contributed by atoms with van der Waals surface area (Å²) in [6.07, 6.45) is 2.56. The Morgan fingerprint density at radius 2 is 2.00 bits per heavy atom. The molecule has 0 saturated carbocycles. The monoisotopic (exact) mass is 232 g/mol. The quantitative estimate of drug-likeness (QED) is 0.858.